The lowest BCUT2D eigenvalue weighted by Gasteiger charge is -2.21. The quantitative estimate of drug-likeness (QED) is 0.782. The first-order valence-corrected chi connectivity index (χ1v) is 6.99. The van der Waals surface area contributed by atoms with Crippen LogP contribution in [0.2, 0.25) is 0 Å². The molecule has 0 aliphatic heterocycles. The molecule has 0 N–H and O–H groups in total. The molecule has 5 heteroatoms. The van der Waals surface area contributed by atoms with Crippen LogP contribution in [0.4, 0.5) is 0 Å². The first kappa shape index (κ1) is 13.8. The third-order valence-electron chi connectivity index (χ3n) is 2.75. The number of nitrogens with zero attached hydrogens (tertiary/aromatic N) is 1. The number of thiophene rings is 1. The second-order valence-electron chi connectivity index (χ2n) is 4.14. The zero-order chi connectivity index (χ0) is 13.5. The van der Waals surface area contributed by atoms with E-state index in [4.69, 9.17) is 9.15 Å². The number of ether oxygens (including phenoxy) is 1. The van der Waals surface area contributed by atoms with Gasteiger partial charge in [0, 0.05) is 18.5 Å². The minimum absolute atomic E-state index is 0.0934. The van der Waals surface area contributed by atoms with Crippen LogP contribution in [0.3, 0.4) is 0 Å². The SMILES string of the molecule is COCCN(Cc1ccco1)C(=O)Cc1cccs1. The number of furan rings is 1. The van der Waals surface area contributed by atoms with E-state index in [1.165, 1.54) is 0 Å². The Labute approximate surface area is 116 Å². The van der Waals surface area contributed by atoms with Gasteiger partial charge in [-0.2, -0.15) is 0 Å². The molecular weight excluding hydrogens is 262 g/mol. The Bertz CT molecular complexity index is 479. The highest BCUT2D eigenvalue weighted by Crippen LogP contribution is 2.12. The van der Waals surface area contributed by atoms with E-state index < -0.39 is 0 Å². The van der Waals surface area contributed by atoms with Crippen molar-refractivity contribution in [2.45, 2.75) is 13.0 Å². The second-order valence-corrected chi connectivity index (χ2v) is 5.18. The van der Waals surface area contributed by atoms with Crippen molar-refractivity contribution in [3.8, 4) is 0 Å². The standard InChI is InChI=1S/C14H17NO3S/c1-17-8-6-15(11-12-4-2-7-18-12)14(16)10-13-5-3-9-19-13/h2-5,7,9H,6,8,10-11H2,1H3. The van der Waals surface area contributed by atoms with Gasteiger partial charge in [-0.1, -0.05) is 6.07 Å². The summed E-state index contributed by atoms with van der Waals surface area (Å²) in [6.45, 7) is 1.58. The Hall–Kier alpha value is -1.59. The van der Waals surface area contributed by atoms with Crippen LogP contribution in [0.5, 0.6) is 0 Å². The molecule has 2 aromatic heterocycles. The van der Waals surface area contributed by atoms with Crippen molar-refractivity contribution in [2.75, 3.05) is 20.3 Å². The number of rotatable bonds is 7. The number of hydrogen-bond donors (Lipinski definition) is 0. The molecular formula is C14H17NO3S. The van der Waals surface area contributed by atoms with Crippen LogP contribution in [0, 0.1) is 0 Å². The number of methoxy groups -OCH3 is 1. The van der Waals surface area contributed by atoms with Gasteiger partial charge in [-0.05, 0) is 23.6 Å². The van der Waals surface area contributed by atoms with E-state index in [1.807, 2.05) is 29.6 Å². The van der Waals surface area contributed by atoms with Crippen molar-refractivity contribution < 1.29 is 13.9 Å². The predicted molar refractivity (Wildman–Crippen MR) is 74.0 cm³/mol. The predicted octanol–water partition coefficient (Wildman–Crippen LogP) is 2.56. The van der Waals surface area contributed by atoms with Crippen LogP contribution in [0.25, 0.3) is 0 Å². The molecule has 0 unspecified atom stereocenters. The van der Waals surface area contributed by atoms with Crippen LogP contribution in [-0.4, -0.2) is 31.1 Å². The first-order chi connectivity index (χ1) is 9.29. The smallest absolute Gasteiger partial charge is 0.228 e. The van der Waals surface area contributed by atoms with E-state index in [2.05, 4.69) is 0 Å². The third kappa shape index (κ3) is 4.22. The largest absolute Gasteiger partial charge is 0.467 e. The van der Waals surface area contributed by atoms with Gasteiger partial charge < -0.3 is 14.1 Å². The van der Waals surface area contributed by atoms with E-state index in [0.717, 1.165) is 10.6 Å². The van der Waals surface area contributed by atoms with Gasteiger partial charge >= 0.3 is 0 Å². The molecule has 0 fully saturated rings. The Kier molecular flexibility index (Phi) is 5.18. The van der Waals surface area contributed by atoms with E-state index in [-0.39, 0.29) is 5.91 Å². The molecule has 19 heavy (non-hydrogen) atoms. The van der Waals surface area contributed by atoms with Crippen molar-refractivity contribution in [3.05, 3.63) is 46.5 Å². The van der Waals surface area contributed by atoms with E-state index in [1.54, 1.807) is 29.6 Å². The molecule has 4 nitrogen and oxygen atoms in total. The summed E-state index contributed by atoms with van der Waals surface area (Å²) in [7, 11) is 1.63. The fourth-order valence-electron chi connectivity index (χ4n) is 1.76. The summed E-state index contributed by atoms with van der Waals surface area (Å²) in [6, 6.07) is 7.63. The summed E-state index contributed by atoms with van der Waals surface area (Å²) in [5.41, 5.74) is 0. The van der Waals surface area contributed by atoms with Crippen molar-refractivity contribution in [1.29, 1.82) is 0 Å². The normalized spacial score (nSPS) is 10.6. The summed E-state index contributed by atoms with van der Waals surface area (Å²) >= 11 is 1.60. The van der Waals surface area contributed by atoms with Crippen LogP contribution in [-0.2, 0) is 22.5 Å². The maximum absolute atomic E-state index is 12.3. The molecule has 2 rings (SSSR count). The average Bonchev–Trinajstić information content (AvgIpc) is 3.07. The molecule has 1 amide bonds. The molecule has 2 aromatic rings. The summed E-state index contributed by atoms with van der Waals surface area (Å²) in [5.74, 6) is 0.881. The van der Waals surface area contributed by atoms with Crippen LogP contribution in [0.1, 0.15) is 10.6 Å². The van der Waals surface area contributed by atoms with Gasteiger partial charge in [-0.25, -0.2) is 0 Å². The van der Waals surface area contributed by atoms with Crippen LogP contribution in [0.15, 0.2) is 40.3 Å². The Morgan fingerprint density at radius 3 is 2.95 bits per heavy atom. The zero-order valence-corrected chi connectivity index (χ0v) is 11.7. The monoisotopic (exact) mass is 279 g/mol. The average molecular weight is 279 g/mol. The third-order valence-corrected chi connectivity index (χ3v) is 3.63. The molecule has 102 valence electrons. The molecule has 2 heterocycles. The number of hydrogen-bond acceptors (Lipinski definition) is 4. The van der Waals surface area contributed by atoms with Crippen molar-refractivity contribution in [1.82, 2.24) is 4.90 Å². The fraction of sp³-hybridized carbons (Fsp3) is 0.357. The summed E-state index contributed by atoms with van der Waals surface area (Å²) < 4.78 is 10.4. The highest BCUT2D eigenvalue weighted by atomic mass is 32.1. The lowest BCUT2D eigenvalue weighted by molar-refractivity contribution is -0.131. The van der Waals surface area contributed by atoms with Crippen molar-refractivity contribution in [2.24, 2.45) is 0 Å². The molecule has 0 spiro atoms. The molecule has 0 saturated carbocycles. The fourth-order valence-corrected chi connectivity index (χ4v) is 2.45. The van der Waals surface area contributed by atoms with E-state index >= 15 is 0 Å². The second kappa shape index (κ2) is 7.11. The maximum Gasteiger partial charge on any atom is 0.228 e. The van der Waals surface area contributed by atoms with Crippen molar-refractivity contribution in [3.63, 3.8) is 0 Å². The minimum Gasteiger partial charge on any atom is -0.467 e. The highest BCUT2D eigenvalue weighted by molar-refractivity contribution is 7.10. The van der Waals surface area contributed by atoms with Gasteiger partial charge in [-0.3, -0.25) is 4.79 Å². The van der Waals surface area contributed by atoms with Crippen molar-refractivity contribution >= 4 is 17.2 Å². The molecule has 0 aromatic carbocycles. The van der Waals surface area contributed by atoms with Gasteiger partial charge in [-0.15, -0.1) is 11.3 Å². The number of carbonyl (C=O) groups excluding carboxylic acids is 1. The highest BCUT2D eigenvalue weighted by Gasteiger charge is 2.15. The zero-order valence-electron chi connectivity index (χ0n) is 10.9. The molecule has 0 radical (unpaired) electrons. The molecule has 0 atom stereocenters. The lowest BCUT2D eigenvalue weighted by atomic mass is 10.3. The Morgan fingerprint density at radius 1 is 1.42 bits per heavy atom. The van der Waals surface area contributed by atoms with E-state index in [9.17, 15) is 4.79 Å². The van der Waals surface area contributed by atoms with Crippen LogP contribution >= 0.6 is 11.3 Å². The topological polar surface area (TPSA) is 42.7 Å². The minimum atomic E-state index is 0.0934. The summed E-state index contributed by atoms with van der Waals surface area (Å²) in [4.78, 5) is 15.1. The van der Waals surface area contributed by atoms with E-state index in [0.29, 0.717) is 26.1 Å². The maximum atomic E-state index is 12.3. The summed E-state index contributed by atoms with van der Waals surface area (Å²) in [6.07, 6.45) is 2.05. The Morgan fingerprint density at radius 2 is 2.32 bits per heavy atom. The summed E-state index contributed by atoms with van der Waals surface area (Å²) in [5, 5.41) is 1.98. The van der Waals surface area contributed by atoms with Gasteiger partial charge in [0.05, 0.1) is 25.8 Å². The number of carbonyl (C=O) groups is 1. The Balaban J connectivity index is 1.97. The first-order valence-electron chi connectivity index (χ1n) is 6.11. The molecule has 0 aliphatic rings. The molecule has 0 aliphatic carbocycles. The van der Waals surface area contributed by atoms with Gasteiger partial charge in [0.25, 0.3) is 0 Å². The van der Waals surface area contributed by atoms with Crippen LogP contribution < -0.4 is 0 Å². The number of amides is 1. The van der Waals surface area contributed by atoms with Gasteiger partial charge in [0.1, 0.15) is 5.76 Å². The molecule has 0 bridgehead atoms. The lowest BCUT2D eigenvalue weighted by Crippen LogP contribution is -2.34. The van der Waals surface area contributed by atoms with Gasteiger partial charge in [0.15, 0.2) is 0 Å². The van der Waals surface area contributed by atoms with Gasteiger partial charge in [0.2, 0.25) is 5.91 Å². The molecule has 0 saturated heterocycles.